The molecule has 0 bridgehead atoms. The van der Waals surface area contributed by atoms with E-state index in [0.29, 0.717) is 0 Å². The van der Waals surface area contributed by atoms with Crippen molar-refractivity contribution in [3.63, 3.8) is 0 Å². The lowest BCUT2D eigenvalue weighted by Gasteiger charge is -2.40. The molecule has 0 saturated carbocycles. The normalized spacial score (nSPS) is 25.1. The van der Waals surface area contributed by atoms with Crippen LogP contribution in [-0.2, 0) is 0 Å². The summed E-state index contributed by atoms with van der Waals surface area (Å²) >= 11 is 0. The predicted octanol–water partition coefficient (Wildman–Crippen LogP) is 1.96. The largest absolute Gasteiger partial charge is 0.317 e. The molecule has 0 spiro atoms. The van der Waals surface area contributed by atoms with E-state index >= 15 is 0 Å². The van der Waals surface area contributed by atoms with Gasteiger partial charge in [-0.2, -0.15) is 0 Å². The minimum Gasteiger partial charge on any atom is -0.317 e. The number of likely N-dealkylation sites (tertiary alicyclic amines) is 1. The van der Waals surface area contributed by atoms with Gasteiger partial charge < -0.3 is 10.2 Å². The second-order valence-corrected chi connectivity index (χ2v) is 4.52. The standard InChI is InChI=1S/C10H20N2.C2H6/c1-9-6-12(7-9)8-10-2-4-11-5-3-10;1-2/h9-11H,2-8H2,1H3;1-2H3. The van der Waals surface area contributed by atoms with Crippen LogP contribution >= 0.6 is 0 Å². The fourth-order valence-electron chi connectivity index (χ4n) is 2.41. The first kappa shape index (κ1) is 12.0. The molecule has 2 nitrogen and oxygen atoms in total. The molecule has 0 aromatic heterocycles. The van der Waals surface area contributed by atoms with E-state index in [1.54, 1.807) is 0 Å². The Hall–Kier alpha value is -0.0800. The molecule has 2 aliphatic rings. The third-order valence-corrected chi connectivity index (χ3v) is 3.11. The van der Waals surface area contributed by atoms with E-state index in [1.165, 1.54) is 45.6 Å². The molecule has 1 N–H and O–H groups in total. The molecule has 0 aromatic rings. The lowest BCUT2D eigenvalue weighted by Crippen LogP contribution is -2.48. The molecule has 2 aliphatic heterocycles. The van der Waals surface area contributed by atoms with Gasteiger partial charge in [0, 0.05) is 19.6 Å². The molecule has 2 fully saturated rings. The zero-order valence-corrected chi connectivity index (χ0v) is 10.1. The third-order valence-electron chi connectivity index (χ3n) is 3.11. The molecule has 0 atom stereocenters. The molecule has 0 radical (unpaired) electrons. The Balaban J connectivity index is 0.000000461. The summed E-state index contributed by atoms with van der Waals surface area (Å²) in [5.41, 5.74) is 0. The minimum atomic E-state index is 0.965. The van der Waals surface area contributed by atoms with Crippen LogP contribution in [0.3, 0.4) is 0 Å². The van der Waals surface area contributed by atoms with Gasteiger partial charge in [0.05, 0.1) is 0 Å². The summed E-state index contributed by atoms with van der Waals surface area (Å²) in [5, 5.41) is 3.41. The van der Waals surface area contributed by atoms with Crippen LogP contribution in [0.4, 0.5) is 0 Å². The molecule has 2 heteroatoms. The van der Waals surface area contributed by atoms with Gasteiger partial charge in [0.25, 0.3) is 0 Å². The number of nitrogens with zero attached hydrogens (tertiary/aromatic N) is 1. The zero-order valence-electron chi connectivity index (χ0n) is 10.1. The summed E-state index contributed by atoms with van der Waals surface area (Å²) in [6.07, 6.45) is 2.79. The molecule has 0 amide bonds. The topological polar surface area (TPSA) is 15.3 Å². The molecule has 84 valence electrons. The van der Waals surface area contributed by atoms with Gasteiger partial charge in [-0.15, -0.1) is 0 Å². The molecule has 0 aliphatic carbocycles. The Bertz CT molecular complexity index is 135. The van der Waals surface area contributed by atoms with Crippen LogP contribution in [0.1, 0.15) is 33.6 Å². The van der Waals surface area contributed by atoms with Crippen molar-refractivity contribution in [3.05, 3.63) is 0 Å². The summed E-state index contributed by atoms with van der Waals surface area (Å²) in [6.45, 7) is 12.9. The average molecular weight is 198 g/mol. The molecule has 2 rings (SSSR count). The zero-order chi connectivity index (χ0) is 10.4. The van der Waals surface area contributed by atoms with Gasteiger partial charge >= 0.3 is 0 Å². The van der Waals surface area contributed by atoms with Crippen molar-refractivity contribution in [2.75, 3.05) is 32.7 Å². The molecular formula is C12H26N2. The van der Waals surface area contributed by atoms with Gasteiger partial charge in [0.2, 0.25) is 0 Å². The minimum absolute atomic E-state index is 0.965. The second kappa shape index (κ2) is 6.41. The van der Waals surface area contributed by atoms with Crippen LogP contribution < -0.4 is 5.32 Å². The number of hydrogen-bond acceptors (Lipinski definition) is 2. The first-order valence-electron chi connectivity index (χ1n) is 6.27. The Morgan fingerprint density at radius 2 is 1.71 bits per heavy atom. The van der Waals surface area contributed by atoms with E-state index in [2.05, 4.69) is 17.1 Å². The van der Waals surface area contributed by atoms with E-state index in [1.807, 2.05) is 13.8 Å². The van der Waals surface area contributed by atoms with Crippen molar-refractivity contribution in [3.8, 4) is 0 Å². The van der Waals surface area contributed by atoms with Crippen LogP contribution in [0.15, 0.2) is 0 Å². The van der Waals surface area contributed by atoms with Crippen LogP contribution in [-0.4, -0.2) is 37.6 Å². The quantitative estimate of drug-likeness (QED) is 0.730. The number of hydrogen-bond donors (Lipinski definition) is 1. The first-order valence-corrected chi connectivity index (χ1v) is 6.27. The van der Waals surface area contributed by atoms with E-state index < -0.39 is 0 Å². The smallest absolute Gasteiger partial charge is 0.00195 e. The Morgan fingerprint density at radius 3 is 2.21 bits per heavy atom. The maximum Gasteiger partial charge on any atom is 0.00195 e. The number of piperidine rings is 1. The Kier molecular flexibility index (Phi) is 5.49. The summed E-state index contributed by atoms with van der Waals surface area (Å²) in [4.78, 5) is 2.61. The van der Waals surface area contributed by atoms with Crippen molar-refractivity contribution in [2.24, 2.45) is 11.8 Å². The fourth-order valence-corrected chi connectivity index (χ4v) is 2.41. The maximum atomic E-state index is 3.41. The van der Waals surface area contributed by atoms with Gasteiger partial charge in [0.1, 0.15) is 0 Å². The highest BCUT2D eigenvalue weighted by Gasteiger charge is 2.25. The lowest BCUT2D eigenvalue weighted by atomic mass is 9.94. The van der Waals surface area contributed by atoms with Crippen molar-refractivity contribution < 1.29 is 0 Å². The van der Waals surface area contributed by atoms with Gasteiger partial charge in [-0.25, -0.2) is 0 Å². The SMILES string of the molecule is CC.CC1CN(CC2CCNCC2)C1. The van der Waals surface area contributed by atoms with Crippen molar-refractivity contribution in [1.29, 1.82) is 0 Å². The van der Waals surface area contributed by atoms with Gasteiger partial charge in [0.15, 0.2) is 0 Å². The highest BCUT2D eigenvalue weighted by atomic mass is 15.2. The van der Waals surface area contributed by atoms with Gasteiger partial charge in [-0.1, -0.05) is 20.8 Å². The predicted molar refractivity (Wildman–Crippen MR) is 62.5 cm³/mol. The number of nitrogens with one attached hydrogen (secondary N) is 1. The molecule has 2 heterocycles. The highest BCUT2D eigenvalue weighted by Crippen LogP contribution is 2.20. The van der Waals surface area contributed by atoms with Crippen LogP contribution in [0.25, 0.3) is 0 Å². The van der Waals surface area contributed by atoms with Crippen LogP contribution in [0.2, 0.25) is 0 Å². The Morgan fingerprint density at radius 1 is 1.14 bits per heavy atom. The second-order valence-electron chi connectivity index (χ2n) is 4.52. The van der Waals surface area contributed by atoms with E-state index in [4.69, 9.17) is 0 Å². The highest BCUT2D eigenvalue weighted by molar-refractivity contribution is 4.80. The van der Waals surface area contributed by atoms with Crippen molar-refractivity contribution in [1.82, 2.24) is 10.2 Å². The van der Waals surface area contributed by atoms with Gasteiger partial charge in [-0.05, 0) is 37.8 Å². The fraction of sp³-hybridized carbons (Fsp3) is 1.00. The summed E-state index contributed by atoms with van der Waals surface area (Å²) < 4.78 is 0. The summed E-state index contributed by atoms with van der Waals surface area (Å²) in [7, 11) is 0. The van der Waals surface area contributed by atoms with Crippen molar-refractivity contribution in [2.45, 2.75) is 33.6 Å². The molecule has 0 unspecified atom stereocenters. The van der Waals surface area contributed by atoms with E-state index in [-0.39, 0.29) is 0 Å². The van der Waals surface area contributed by atoms with E-state index in [0.717, 1.165) is 11.8 Å². The Labute approximate surface area is 89.1 Å². The molecule has 2 saturated heterocycles. The maximum absolute atomic E-state index is 3.41. The van der Waals surface area contributed by atoms with Crippen molar-refractivity contribution >= 4 is 0 Å². The first-order chi connectivity index (χ1) is 6.84. The molecule has 0 aromatic carbocycles. The van der Waals surface area contributed by atoms with Crippen LogP contribution in [0.5, 0.6) is 0 Å². The monoisotopic (exact) mass is 198 g/mol. The summed E-state index contributed by atoms with van der Waals surface area (Å²) in [5.74, 6) is 1.95. The molecule has 14 heavy (non-hydrogen) atoms. The lowest BCUT2D eigenvalue weighted by molar-refractivity contribution is 0.0849. The summed E-state index contributed by atoms with van der Waals surface area (Å²) in [6, 6.07) is 0. The third kappa shape index (κ3) is 3.58. The number of rotatable bonds is 2. The van der Waals surface area contributed by atoms with E-state index in [9.17, 15) is 0 Å². The average Bonchev–Trinajstić information content (AvgIpc) is 2.20. The van der Waals surface area contributed by atoms with Crippen LogP contribution in [0, 0.1) is 11.8 Å². The van der Waals surface area contributed by atoms with Gasteiger partial charge in [-0.3, -0.25) is 0 Å². The molecular weight excluding hydrogens is 172 g/mol.